The summed E-state index contributed by atoms with van der Waals surface area (Å²) in [6.07, 6.45) is 2.21. The largest absolute Gasteiger partial charge is 0.389 e. The van der Waals surface area contributed by atoms with Crippen molar-refractivity contribution in [2.75, 3.05) is 11.9 Å². The van der Waals surface area contributed by atoms with E-state index >= 15 is 0 Å². The third-order valence-electron chi connectivity index (χ3n) is 4.24. The SMILES string of the molecule is CC(C)(O)CNc1cc2c(c(-c3ccc(C#N)cc3)c1)CN(C#N)C2. The lowest BCUT2D eigenvalue weighted by Crippen LogP contribution is -2.29. The maximum Gasteiger partial charge on any atom is 0.179 e. The van der Waals surface area contributed by atoms with E-state index in [-0.39, 0.29) is 0 Å². The Balaban J connectivity index is 2.02. The first-order chi connectivity index (χ1) is 11.9. The Bertz CT molecular complexity index is 867. The summed E-state index contributed by atoms with van der Waals surface area (Å²) in [7, 11) is 0. The predicted molar refractivity (Wildman–Crippen MR) is 96.2 cm³/mol. The van der Waals surface area contributed by atoms with E-state index in [1.807, 2.05) is 24.3 Å². The molecule has 25 heavy (non-hydrogen) atoms. The van der Waals surface area contributed by atoms with Gasteiger partial charge in [0.2, 0.25) is 0 Å². The van der Waals surface area contributed by atoms with Crippen molar-refractivity contribution < 1.29 is 5.11 Å². The Labute approximate surface area is 147 Å². The smallest absolute Gasteiger partial charge is 0.179 e. The summed E-state index contributed by atoms with van der Waals surface area (Å²) < 4.78 is 0. The molecule has 0 amide bonds. The number of rotatable bonds is 4. The molecule has 0 fully saturated rings. The van der Waals surface area contributed by atoms with Gasteiger partial charge in [0.15, 0.2) is 6.19 Å². The van der Waals surface area contributed by atoms with E-state index < -0.39 is 5.60 Å². The topological polar surface area (TPSA) is 83.1 Å². The zero-order valence-electron chi connectivity index (χ0n) is 14.4. The Morgan fingerprint density at radius 3 is 2.48 bits per heavy atom. The van der Waals surface area contributed by atoms with E-state index in [9.17, 15) is 10.4 Å². The van der Waals surface area contributed by atoms with Crippen molar-refractivity contribution in [2.24, 2.45) is 0 Å². The number of hydrogen-bond acceptors (Lipinski definition) is 5. The molecule has 0 saturated heterocycles. The molecule has 3 rings (SSSR count). The first-order valence-electron chi connectivity index (χ1n) is 8.17. The summed E-state index contributed by atoms with van der Waals surface area (Å²) >= 11 is 0. The maximum absolute atomic E-state index is 9.95. The third kappa shape index (κ3) is 3.74. The van der Waals surface area contributed by atoms with Crippen LogP contribution in [0.2, 0.25) is 0 Å². The van der Waals surface area contributed by atoms with E-state index in [0.29, 0.717) is 25.2 Å². The third-order valence-corrected chi connectivity index (χ3v) is 4.24. The molecule has 5 heteroatoms. The number of benzene rings is 2. The van der Waals surface area contributed by atoms with Crippen LogP contribution in [0.1, 0.15) is 30.5 Å². The van der Waals surface area contributed by atoms with Crippen LogP contribution < -0.4 is 5.32 Å². The molecule has 2 aromatic carbocycles. The van der Waals surface area contributed by atoms with Gasteiger partial charge in [-0.2, -0.15) is 10.5 Å². The van der Waals surface area contributed by atoms with Crippen LogP contribution in [0.4, 0.5) is 5.69 Å². The molecule has 1 aliphatic heterocycles. The number of fused-ring (bicyclic) bond motifs is 1. The Morgan fingerprint density at radius 2 is 1.88 bits per heavy atom. The first kappa shape index (κ1) is 16.8. The fourth-order valence-electron chi connectivity index (χ4n) is 2.99. The molecule has 2 aromatic rings. The molecule has 0 radical (unpaired) electrons. The normalized spacial score (nSPS) is 13.1. The summed E-state index contributed by atoms with van der Waals surface area (Å²) in [5.41, 5.74) is 5.05. The van der Waals surface area contributed by atoms with Gasteiger partial charge < -0.3 is 15.3 Å². The zero-order valence-corrected chi connectivity index (χ0v) is 14.4. The van der Waals surface area contributed by atoms with Gasteiger partial charge in [-0.15, -0.1) is 0 Å². The summed E-state index contributed by atoms with van der Waals surface area (Å²) in [4.78, 5) is 1.72. The van der Waals surface area contributed by atoms with Crippen LogP contribution in [0, 0.1) is 22.8 Å². The second-order valence-corrected chi connectivity index (χ2v) is 6.97. The Morgan fingerprint density at radius 1 is 1.16 bits per heavy atom. The van der Waals surface area contributed by atoms with Gasteiger partial charge in [-0.05, 0) is 60.4 Å². The van der Waals surface area contributed by atoms with E-state index in [0.717, 1.165) is 27.9 Å². The van der Waals surface area contributed by atoms with Gasteiger partial charge >= 0.3 is 0 Å². The minimum absolute atomic E-state index is 0.431. The number of anilines is 1. The lowest BCUT2D eigenvalue weighted by molar-refractivity contribution is 0.0945. The highest BCUT2D eigenvalue weighted by Gasteiger charge is 2.23. The van der Waals surface area contributed by atoms with Crippen molar-refractivity contribution in [3.05, 3.63) is 53.1 Å². The van der Waals surface area contributed by atoms with Crippen molar-refractivity contribution >= 4 is 5.69 Å². The van der Waals surface area contributed by atoms with Crippen LogP contribution >= 0.6 is 0 Å². The lowest BCUT2D eigenvalue weighted by atomic mass is 9.95. The minimum atomic E-state index is -0.813. The van der Waals surface area contributed by atoms with E-state index in [2.05, 4.69) is 17.6 Å². The standard InChI is InChI=1S/C20H20N4O/c1-20(2,25)12-23-17-7-16-10-24(13-22)11-19(16)18(8-17)15-5-3-14(9-21)4-6-15/h3-8,23,25H,10-12H2,1-2H3. The van der Waals surface area contributed by atoms with Crippen molar-refractivity contribution in [3.63, 3.8) is 0 Å². The van der Waals surface area contributed by atoms with Crippen molar-refractivity contribution in [2.45, 2.75) is 32.5 Å². The maximum atomic E-state index is 9.95. The van der Waals surface area contributed by atoms with Crippen LogP contribution in [0.25, 0.3) is 11.1 Å². The molecule has 0 atom stereocenters. The number of hydrogen-bond donors (Lipinski definition) is 2. The quantitative estimate of drug-likeness (QED) is 0.840. The predicted octanol–water partition coefficient (Wildman–Crippen LogP) is 3.20. The van der Waals surface area contributed by atoms with Crippen LogP contribution in [-0.4, -0.2) is 22.2 Å². The number of nitriles is 2. The van der Waals surface area contributed by atoms with Crippen molar-refractivity contribution in [1.82, 2.24) is 4.90 Å². The molecule has 126 valence electrons. The molecule has 0 saturated carbocycles. The highest BCUT2D eigenvalue weighted by atomic mass is 16.3. The summed E-state index contributed by atoms with van der Waals surface area (Å²) in [5, 5.41) is 31.5. The van der Waals surface area contributed by atoms with Crippen LogP contribution in [-0.2, 0) is 13.1 Å². The second-order valence-electron chi connectivity index (χ2n) is 6.97. The fourth-order valence-corrected chi connectivity index (χ4v) is 2.99. The highest BCUT2D eigenvalue weighted by Crippen LogP contribution is 2.35. The molecular weight excluding hydrogens is 312 g/mol. The molecule has 1 heterocycles. The molecule has 5 nitrogen and oxygen atoms in total. The highest BCUT2D eigenvalue weighted by molar-refractivity contribution is 5.74. The Hall–Kier alpha value is -3.02. The molecule has 0 unspecified atom stereocenters. The van der Waals surface area contributed by atoms with Crippen LogP contribution in [0.3, 0.4) is 0 Å². The number of nitrogens with zero attached hydrogens (tertiary/aromatic N) is 3. The van der Waals surface area contributed by atoms with Gasteiger partial charge in [0.25, 0.3) is 0 Å². The van der Waals surface area contributed by atoms with Crippen LogP contribution in [0.15, 0.2) is 36.4 Å². The lowest BCUT2D eigenvalue weighted by Gasteiger charge is -2.20. The van der Waals surface area contributed by atoms with Crippen LogP contribution in [0.5, 0.6) is 0 Å². The minimum Gasteiger partial charge on any atom is -0.389 e. The molecule has 0 bridgehead atoms. The molecular formula is C20H20N4O. The van der Waals surface area contributed by atoms with E-state index in [1.54, 1.807) is 30.9 Å². The molecule has 0 aromatic heterocycles. The average molecular weight is 332 g/mol. The molecule has 0 spiro atoms. The van der Waals surface area contributed by atoms with Gasteiger partial charge in [0, 0.05) is 12.2 Å². The summed E-state index contributed by atoms with van der Waals surface area (Å²) in [5.74, 6) is 0. The number of nitrogens with one attached hydrogen (secondary N) is 1. The zero-order chi connectivity index (χ0) is 18.0. The molecule has 2 N–H and O–H groups in total. The molecule has 1 aliphatic rings. The summed E-state index contributed by atoms with van der Waals surface area (Å²) in [6.45, 7) is 5.12. The van der Waals surface area contributed by atoms with E-state index in [1.165, 1.54) is 0 Å². The number of aliphatic hydroxyl groups is 1. The second kappa shape index (κ2) is 6.47. The van der Waals surface area contributed by atoms with Crippen molar-refractivity contribution in [1.29, 1.82) is 10.5 Å². The van der Waals surface area contributed by atoms with Crippen molar-refractivity contribution in [3.8, 4) is 23.4 Å². The van der Waals surface area contributed by atoms with Gasteiger partial charge in [-0.3, -0.25) is 0 Å². The van der Waals surface area contributed by atoms with Gasteiger partial charge in [-0.25, -0.2) is 0 Å². The van der Waals surface area contributed by atoms with Gasteiger partial charge in [0.05, 0.1) is 30.3 Å². The first-order valence-corrected chi connectivity index (χ1v) is 8.17. The van der Waals surface area contributed by atoms with Gasteiger partial charge in [0.1, 0.15) is 0 Å². The summed E-state index contributed by atoms with van der Waals surface area (Å²) in [6, 6.07) is 13.7. The Kier molecular flexibility index (Phi) is 4.35. The van der Waals surface area contributed by atoms with E-state index in [4.69, 9.17) is 5.26 Å². The molecule has 0 aliphatic carbocycles. The monoisotopic (exact) mass is 332 g/mol. The van der Waals surface area contributed by atoms with Gasteiger partial charge in [-0.1, -0.05) is 12.1 Å². The average Bonchev–Trinajstić information content (AvgIpc) is 3.02. The fraction of sp³-hybridized carbons (Fsp3) is 0.300.